The Morgan fingerprint density at radius 1 is 1.48 bits per heavy atom. The topological polar surface area (TPSA) is 70.6 Å². The molecule has 6 nitrogen and oxygen atoms in total. The molecule has 0 radical (unpaired) electrons. The first-order chi connectivity index (χ1) is 11.2. The van der Waals surface area contributed by atoms with E-state index in [1.807, 2.05) is 6.92 Å². The molecule has 2 fully saturated rings. The molecule has 130 valence electrons. The average Bonchev–Trinajstić information content (AvgIpc) is 3.19. The SMILES string of the molecule is Cc1cc([C@@H]2CCCN(C[C@H](O)COC[C@H]3CCCO3)C2)n[nH]1. The van der Waals surface area contributed by atoms with Gasteiger partial charge in [0, 0.05) is 31.3 Å². The van der Waals surface area contributed by atoms with E-state index in [1.54, 1.807) is 0 Å². The highest BCUT2D eigenvalue weighted by Gasteiger charge is 2.24. The molecule has 2 aliphatic heterocycles. The first-order valence-electron chi connectivity index (χ1n) is 8.82. The van der Waals surface area contributed by atoms with E-state index in [2.05, 4.69) is 21.2 Å². The van der Waals surface area contributed by atoms with Crippen LogP contribution in [0, 0.1) is 6.92 Å². The summed E-state index contributed by atoms with van der Waals surface area (Å²) < 4.78 is 11.1. The smallest absolute Gasteiger partial charge is 0.0900 e. The lowest BCUT2D eigenvalue weighted by Gasteiger charge is -2.33. The molecule has 2 N–H and O–H groups in total. The fourth-order valence-corrected chi connectivity index (χ4v) is 3.57. The summed E-state index contributed by atoms with van der Waals surface area (Å²) >= 11 is 0. The predicted octanol–water partition coefficient (Wildman–Crippen LogP) is 1.45. The van der Waals surface area contributed by atoms with Gasteiger partial charge in [-0.15, -0.1) is 0 Å². The highest BCUT2D eigenvalue weighted by molar-refractivity contribution is 5.13. The normalized spacial score (nSPS) is 27.4. The maximum absolute atomic E-state index is 10.2. The Bertz CT molecular complexity index is 473. The van der Waals surface area contributed by atoms with Gasteiger partial charge >= 0.3 is 0 Å². The van der Waals surface area contributed by atoms with E-state index in [9.17, 15) is 5.11 Å². The minimum atomic E-state index is -0.434. The number of aromatic nitrogens is 2. The number of aromatic amines is 1. The van der Waals surface area contributed by atoms with Crippen molar-refractivity contribution in [3.05, 3.63) is 17.5 Å². The number of nitrogens with one attached hydrogen (secondary N) is 1. The van der Waals surface area contributed by atoms with Gasteiger partial charge in [0.1, 0.15) is 0 Å². The highest BCUT2D eigenvalue weighted by Crippen LogP contribution is 2.25. The molecule has 6 heteroatoms. The molecule has 23 heavy (non-hydrogen) atoms. The predicted molar refractivity (Wildman–Crippen MR) is 87.5 cm³/mol. The average molecular weight is 323 g/mol. The molecule has 1 aromatic heterocycles. The van der Waals surface area contributed by atoms with E-state index >= 15 is 0 Å². The molecule has 0 spiro atoms. The van der Waals surface area contributed by atoms with Crippen LogP contribution in [0.15, 0.2) is 6.07 Å². The van der Waals surface area contributed by atoms with E-state index in [0.717, 1.165) is 50.3 Å². The number of aliphatic hydroxyl groups is 1. The van der Waals surface area contributed by atoms with Gasteiger partial charge in [-0.3, -0.25) is 5.10 Å². The summed E-state index contributed by atoms with van der Waals surface area (Å²) in [6.07, 6.45) is 4.32. The van der Waals surface area contributed by atoms with Crippen LogP contribution >= 0.6 is 0 Å². The number of aryl methyl sites for hydroxylation is 1. The first kappa shape index (κ1) is 16.9. The monoisotopic (exact) mass is 323 g/mol. The summed E-state index contributed by atoms with van der Waals surface area (Å²) in [5.41, 5.74) is 2.26. The van der Waals surface area contributed by atoms with Gasteiger partial charge in [0.05, 0.1) is 31.1 Å². The van der Waals surface area contributed by atoms with E-state index in [0.29, 0.717) is 25.7 Å². The van der Waals surface area contributed by atoms with Gasteiger partial charge in [0.25, 0.3) is 0 Å². The van der Waals surface area contributed by atoms with Crippen molar-refractivity contribution in [1.82, 2.24) is 15.1 Å². The van der Waals surface area contributed by atoms with Crippen LogP contribution in [0.25, 0.3) is 0 Å². The van der Waals surface area contributed by atoms with Crippen LogP contribution in [0.3, 0.4) is 0 Å². The first-order valence-corrected chi connectivity index (χ1v) is 8.82. The Morgan fingerprint density at radius 3 is 3.13 bits per heavy atom. The molecular formula is C17H29N3O3. The molecule has 0 amide bonds. The van der Waals surface area contributed by atoms with Gasteiger partial charge < -0.3 is 19.5 Å². The lowest BCUT2D eigenvalue weighted by Crippen LogP contribution is -2.41. The molecule has 3 heterocycles. The zero-order valence-electron chi connectivity index (χ0n) is 14.0. The Hall–Kier alpha value is -0.950. The molecule has 0 aromatic carbocycles. The molecule has 0 bridgehead atoms. The van der Waals surface area contributed by atoms with Crippen molar-refractivity contribution in [3.63, 3.8) is 0 Å². The summed E-state index contributed by atoms with van der Waals surface area (Å²) in [6, 6.07) is 2.13. The number of rotatable bonds is 7. The van der Waals surface area contributed by atoms with Crippen LogP contribution in [0.1, 0.15) is 43.0 Å². The van der Waals surface area contributed by atoms with Crippen molar-refractivity contribution in [2.45, 2.75) is 50.7 Å². The largest absolute Gasteiger partial charge is 0.389 e. The van der Waals surface area contributed by atoms with Crippen molar-refractivity contribution in [2.24, 2.45) is 0 Å². The number of piperidine rings is 1. The van der Waals surface area contributed by atoms with Crippen LogP contribution < -0.4 is 0 Å². The number of hydrogen-bond acceptors (Lipinski definition) is 5. The second kappa shape index (κ2) is 8.24. The van der Waals surface area contributed by atoms with Crippen LogP contribution in [0.2, 0.25) is 0 Å². The van der Waals surface area contributed by atoms with Gasteiger partial charge in [-0.2, -0.15) is 5.10 Å². The standard InChI is InChI=1S/C17H29N3O3/c1-13-8-17(19-18-13)14-4-2-6-20(9-14)10-15(21)11-22-12-16-5-3-7-23-16/h8,14-16,21H,2-7,9-12H2,1H3,(H,18,19)/t14-,15+,16-/m1/s1. The summed E-state index contributed by atoms with van der Waals surface area (Å²) in [7, 11) is 0. The molecule has 1 aromatic rings. The molecular weight excluding hydrogens is 294 g/mol. The van der Waals surface area contributed by atoms with E-state index in [4.69, 9.17) is 9.47 Å². The molecule has 0 saturated carbocycles. The zero-order chi connectivity index (χ0) is 16.1. The van der Waals surface area contributed by atoms with Gasteiger partial charge in [-0.05, 0) is 45.2 Å². The van der Waals surface area contributed by atoms with Crippen molar-refractivity contribution >= 4 is 0 Å². The second-order valence-corrected chi connectivity index (χ2v) is 6.90. The number of β-amino-alcohol motifs (C(OH)–C–C–N with tert-alkyl or cyclic N) is 1. The van der Waals surface area contributed by atoms with Crippen molar-refractivity contribution in [3.8, 4) is 0 Å². The number of likely N-dealkylation sites (tertiary alicyclic amines) is 1. The van der Waals surface area contributed by atoms with E-state index < -0.39 is 6.10 Å². The quantitative estimate of drug-likeness (QED) is 0.795. The zero-order valence-corrected chi connectivity index (χ0v) is 14.0. The van der Waals surface area contributed by atoms with Crippen LogP contribution in [-0.2, 0) is 9.47 Å². The van der Waals surface area contributed by atoms with E-state index in [1.165, 1.54) is 6.42 Å². The summed E-state index contributed by atoms with van der Waals surface area (Å²) in [4.78, 5) is 2.33. The minimum Gasteiger partial charge on any atom is -0.389 e. The van der Waals surface area contributed by atoms with Gasteiger partial charge in [0.2, 0.25) is 0 Å². The Morgan fingerprint density at radius 2 is 2.39 bits per heavy atom. The molecule has 2 saturated heterocycles. The van der Waals surface area contributed by atoms with Crippen molar-refractivity contribution in [2.75, 3.05) is 39.5 Å². The number of nitrogens with zero attached hydrogens (tertiary/aromatic N) is 2. The number of H-pyrrole nitrogens is 1. The van der Waals surface area contributed by atoms with Gasteiger partial charge in [-0.25, -0.2) is 0 Å². The third kappa shape index (κ3) is 5.01. The summed E-state index contributed by atoms with van der Waals surface area (Å²) in [5.74, 6) is 0.466. The van der Waals surface area contributed by atoms with Crippen LogP contribution in [0.4, 0.5) is 0 Å². The van der Waals surface area contributed by atoms with Gasteiger partial charge in [0.15, 0.2) is 0 Å². The Kier molecular flexibility index (Phi) is 6.05. The maximum atomic E-state index is 10.2. The van der Waals surface area contributed by atoms with Crippen molar-refractivity contribution < 1.29 is 14.6 Å². The lowest BCUT2D eigenvalue weighted by atomic mass is 9.94. The Balaban J connectivity index is 1.38. The van der Waals surface area contributed by atoms with Gasteiger partial charge in [-0.1, -0.05) is 0 Å². The fourth-order valence-electron chi connectivity index (χ4n) is 3.57. The second-order valence-electron chi connectivity index (χ2n) is 6.90. The molecule has 0 aliphatic carbocycles. The third-order valence-electron chi connectivity index (χ3n) is 4.76. The highest BCUT2D eigenvalue weighted by atomic mass is 16.5. The number of hydrogen-bond donors (Lipinski definition) is 2. The van der Waals surface area contributed by atoms with Crippen LogP contribution in [0.5, 0.6) is 0 Å². The Labute approximate surface area is 138 Å². The molecule has 2 aliphatic rings. The van der Waals surface area contributed by atoms with Crippen molar-refractivity contribution in [1.29, 1.82) is 0 Å². The fraction of sp³-hybridized carbons (Fsp3) is 0.824. The molecule has 3 atom stereocenters. The number of ether oxygens (including phenoxy) is 2. The summed E-state index contributed by atoms with van der Waals surface area (Å²) in [6.45, 7) is 6.56. The molecule has 0 unspecified atom stereocenters. The molecule has 3 rings (SSSR count). The maximum Gasteiger partial charge on any atom is 0.0900 e. The lowest BCUT2D eigenvalue weighted by molar-refractivity contribution is -0.0269. The number of aliphatic hydroxyl groups excluding tert-OH is 1. The van der Waals surface area contributed by atoms with Crippen LogP contribution in [-0.4, -0.2) is 71.9 Å². The van der Waals surface area contributed by atoms with E-state index in [-0.39, 0.29) is 6.10 Å². The summed E-state index contributed by atoms with van der Waals surface area (Å²) in [5, 5.41) is 17.6. The third-order valence-corrected chi connectivity index (χ3v) is 4.76. The minimum absolute atomic E-state index is 0.226.